The molecule has 0 spiro atoms. The number of nitrogens with one attached hydrogen (secondary N) is 1. The number of ether oxygens (including phenoxy) is 1. The molecule has 1 aromatic carbocycles. The summed E-state index contributed by atoms with van der Waals surface area (Å²) < 4.78 is 11.4. The van der Waals surface area contributed by atoms with E-state index in [0.717, 1.165) is 16.9 Å². The molecular formula is C23H28N2O4. The smallest absolute Gasteiger partial charge is 0.287 e. The number of benzene rings is 1. The predicted octanol–water partition coefficient (Wildman–Crippen LogP) is 3.79. The molecule has 1 N–H and O–H groups in total. The minimum Gasteiger partial charge on any atom is -0.485 e. The van der Waals surface area contributed by atoms with Gasteiger partial charge in [-0.1, -0.05) is 24.3 Å². The van der Waals surface area contributed by atoms with Crippen molar-refractivity contribution in [2.75, 3.05) is 13.1 Å². The molecule has 2 aromatic rings. The van der Waals surface area contributed by atoms with Crippen LogP contribution in [-0.2, 0) is 11.4 Å². The SMILES string of the molecule is C=CCN(CC=C)C(=O)C(C)NC(=O)c1ccc(COc2cc(C)ccc2C)o1. The van der Waals surface area contributed by atoms with Gasteiger partial charge >= 0.3 is 0 Å². The molecule has 0 aliphatic carbocycles. The summed E-state index contributed by atoms with van der Waals surface area (Å²) >= 11 is 0. The molecule has 0 aliphatic rings. The Hall–Kier alpha value is -3.28. The van der Waals surface area contributed by atoms with E-state index in [0.29, 0.717) is 18.8 Å². The van der Waals surface area contributed by atoms with Gasteiger partial charge in [-0.3, -0.25) is 9.59 Å². The summed E-state index contributed by atoms with van der Waals surface area (Å²) in [6.45, 7) is 13.8. The Morgan fingerprint density at radius 1 is 1.17 bits per heavy atom. The molecular weight excluding hydrogens is 368 g/mol. The van der Waals surface area contributed by atoms with Crippen LogP contribution in [0.1, 0.15) is 34.4 Å². The van der Waals surface area contributed by atoms with Crippen molar-refractivity contribution in [3.63, 3.8) is 0 Å². The Balaban J connectivity index is 1.96. The molecule has 2 rings (SSSR count). The summed E-state index contributed by atoms with van der Waals surface area (Å²) in [5.74, 6) is 0.749. The first-order valence-corrected chi connectivity index (χ1v) is 9.46. The lowest BCUT2D eigenvalue weighted by Gasteiger charge is -2.23. The maximum Gasteiger partial charge on any atom is 0.287 e. The first-order chi connectivity index (χ1) is 13.8. The monoisotopic (exact) mass is 396 g/mol. The van der Waals surface area contributed by atoms with E-state index < -0.39 is 11.9 Å². The number of aryl methyl sites for hydroxylation is 2. The summed E-state index contributed by atoms with van der Waals surface area (Å²) in [4.78, 5) is 26.5. The van der Waals surface area contributed by atoms with Gasteiger partial charge in [0.25, 0.3) is 5.91 Å². The van der Waals surface area contributed by atoms with E-state index in [1.165, 1.54) is 0 Å². The molecule has 1 unspecified atom stereocenters. The second kappa shape index (κ2) is 10.3. The number of hydrogen-bond donors (Lipinski definition) is 1. The van der Waals surface area contributed by atoms with Gasteiger partial charge in [-0.25, -0.2) is 0 Å². The maximum absolute atomic E-state index is 12.5. The second-order valence-corrected chi connectivity index (χ2v) is 6.84. The van der Waals surface area contributed by atoms with Crippen LogP contribution in [0, 0.1) is 13.8 Å². The minimum absolute atomic E-state index is 0.128. The molecule has 1 aromatic heterocycles. The van der Waals surface area contributed by atoms with E-state index in [-0.39, 0.29) is 18.3 Å². The van der Waals surface area contributed by atoms with Gasteiger partial charge in [0, 0.05) is 13.1 Å². The van der Waals surface area contributed by atoms with Crippen molar-refractivity contribution in [1.82, 2.24) is 10.2 Å². The zero-order valence-electron chi connectivity index (χ0n) is 17.2. The Bertz CT molecular complexity index is 875. The number of amides is 2. The fraction of sp³-hybridized carbons (Fsp3) is 0.304. The highest BCUT2D eigenvalue weighted by molar-refractivity contribution is 5.95. The van der Waals surface area contributed by atoms with E-state index in [9.17, 15) is 9.59 Å². The number of furan rings is 1. The molecule has 6 nitrogen and oxygen atoms in total. The number of hydrogen-bond acceptors (Lipinski definition) is 4. The van der Waals surface area contributed by atoms with Gasteiger partial charge < -0.3 is 19.4 Å². The molecule has 29 heavy (non-hydrogen) atoms. The van der Waals surface area contributed by atoms with E-state index in [1.807, 2.05) is 32.0 Å². The van der Waals surface area contributed by atoms with Gasteiger partial charge in [-0.05, 0) is 50.1 Å². The van der Waals surface area contributed by atoms with Crippen molar-refractivity contribution in [3.8, 4) is 5.75 Å². The maximum atomic E-state index is 12.5. The van der Waals surface area contributed by atoms with Crippen molar-refractivity contribution in [1.29, 1.82) is 0 Å². The largest absolute Gasteiger partial charge is 0.485 e. The van der Waals surface area contributed by atoms with Crippen molar-refractivity contribution in [2.24, 2.45) is 0 Å². The highest BCUT2D eigenvalue weighted by Crippen LogP contribution is 2.21. The average Bonchev–Trinajstić information content (AvgIpc) is 3.17. The fourth-order valence-electron chi connectivity index (χ4n) is 2.76. The molecule has 6 heteroatoms. The summed E-state index contributed by atoms with van der Waals surface area (Å²) in [5.41, 5.74) is 2.13. The molecule has 1 heterocycles. The third-order valence-corrected chi connectivity index (χ3v) is 4.33. The number of nitrogens with zero attached hydrogens (tertiary/aromatic N) is 1. The lowest BCUT2D eigenvalue weighted by molar-refractivity contribution is -0.131. The first-order valence-electron chi connectivity index (χ1n) is 9.46. The van der Waals surface area contributed by atoms with Gasteiger partial charge in [0.15, 0.2) is 5.76 Å². The third-order valence-electron chi connectivity index (χ3n) is 4.33. The zero-order valence-corrected chi connectivity index (χ0v) is 17.2. The predicted molar refractivity (Wildman–Crippen MR) is 113 cm³/mol. The van der Waals surface area contributed by atoms with Gasteiger partial charge in [0.1, 0.15) is 24.2 Å². The zero-order chi connectivity index (χ0) is 21.4. The molecule has 2 amide bonds. The summed E-state index contributed by atoms with van der Waals surface area (Å²) in [6, 6.07) is 8.52. The molecule has 1 atom stereocenters. The van der Waals surface area contributed by atoms with E-state index in [2.05, 4.69) is 18.5 Å². The Morgan fingerprint density at radius 3 is 2.52 bits per heavy atom. The second-order valence-electron chi connectivity index (χ2n) is 6.84. The van der Waals surface area contributed by atoms with Crippen LogP contribution in [0.2, 0.25) is 0 Å². The van der Waals surface area contributed by atoms with Gasteiger partial charge in [-0.2, -0.15) is 0 Å². The Labute approximate surface area is 171 Å². The molecule has 0 fully saturated rings. The van der Waals surface area contributed by atoms with Crippen molar-refractivity contribution in [3.05, 3.63) is 78.3 Å². The van der Waals surface area contributed by atoms with Crippen LogP contribution in [0.5, 0.6) is 5.75 Å². The van der Waals surface area contributed by atoms with Gasteiger partial charge in [0.2, 0.25) is 5.91 Å². The normalized spacial score (nSPS) is 11.4. The summed E-state index contributed by atoms with van der Waals surface area (Å²) in [6.07, 6.45) is 3.26. The third kappa shape index (κ3) is 6.10. The Kier molecular flexibility index (Phi) is 7.83. The topological polar surface area (TPSA) is 71.8 Å². The molecule has 0 bridgehead atoms. The molecule has 0 aliphatic heterocycles. The highest BCUT2D eigenvalue weighted by Gasteiger charge is 2.22. The van der Waals surface area contributed by atoms with E-state index in [4.69, 9.17) is 9.15 Å². The quantitative estimate of drug-likeness (QED) is 0.620. The lowest BCUT2D eigenvalue weighted by Crippen LogP contribution is -2.47. The fourth-order valence-corrected chi connectivity index (χ4v) is 2.76. The Morgan fingerprint density at radius 2 is 1.86 bits per heavy atom. The van der Waals surface area contributed by atoms with Crippen molar-refractivity contribution in [2.45, 2.75) is 33.4 Å². The van der Waals surface area contributed by atoms with Crippen LogP contribution in [0.4, 0.5) is 0 Å². The standard InChI is InChI=1S/C23H28N2O4/c1-6-12-25(13-7-2)23(27)18(5)24-22(26)20-11-10-19(29-20)15-28-21-14-16(3)8-9-17(21)4/h6-11,14,18H,1-2,12-13,15H2,3-5H3,(H,24,26). The van der Waals surface area contributed by atoms with E-state index in [1.54, 1.807) is 36.1 Å². The lowest BCUT2D eigenvalue weighted by atomic mass is 10.1. The van der Waals surface area contributed by atoms with E-state index >= 15 is 0 Å². The van der Waals surface area contributed by atoms with Crippen molar-refractivity contribution >= 4 is 11.8 Å². The molecule has 0 saturated heterocycles. The minimum atomic E-state index is -0.706. The van der Waals surface area contributed by atoms with Gasteiger partial charge in [-0.15, -0.1) is 13.2 Å². The van der Waals surface area contributed by atoms with Crippen LogP contribution in [0.3, 0.4) is 0 Å². The summed E-state index contributed by atoms with van der Waals surface area (Å²) in [5, 5.41) is 2.66. The van der Waals surface area contributed by atoms with Crippen molar-refractivity contribution < 1.29 is 18.7 Å². The number of carbonyl (C=O) groups excluding carboxylic acids is 2. The van der Waals surface area contributed by atoms with Crippen LogP contribution in [0.15, 0.2) is 60.1 Å². The van der Waals surface area contributed by atoms with Crippen LogP contribution in [-0.4, -0.2) is 35.8 Å². The van der Waals surface area contributed by atoms with Crippen LogP contribution < -0.4 is 10.1 Å². The average molecular weight is 396 g/mol. The first kappa shape index (κ1) is 22.0. The van der Waals surface area contributed by atoms with Crippen LogP contribution >= 0.6 is 0 Å². The molecule has 0 saturated carbocycles. The molecule has 0 radical (unpaired) electrons. The van der Waals surface area contributed by atoms with Gasteiger partial charge in [0.05, 0.1) is 0 Å². The number of rotatable bonds is 10. The van der Waals surface area contributed by atoms with Crippen LogP contribution in [0.25, 0.3) is 0 Å². The number of carbonyl (C=O) groups is 2. The highest BCUT2D eigenvalue weighted by atomic mass is 16.5. The summed E-state index contributed by atoms with van der Waals surface area (Å²) in [7, 11) is 0. The molecule has 154 valence electrons.